The zero-order valence-electron chi connectivity index (χ0n) is 13.2. The molecule has 0 spiro atoms. The lowest BCUT2D eigenvalue weighted by atomic mass is 10.1. The van der Waals surface area contributed by atoms with Gasteiger partial charge in [0, 0.05) is 6.07 Å². The highest BCUT2D eigenvalue weighted by Gasteiger charge is 2.17. The van der Waals surface area contributed by atoms with Crippen LogP contribution in [-0.4, -0.2) is 25.3 Å². The molecule has 0 aliphatic carbocycles. The minimum absolute atomic E-state index is 0.263. The molecule has 0 radical (unpaired) electrons. The summed E-state index contributed by atoms with van der Waals surface area (Å²) in [5.41, 5.74) is 1.27. The van der Waals surface area contributed by atoms with Gasteiger partial charge in [0.1, 0.15) is 0 Å². The van der Waals surface area contributed by atoms with Gasteiger partial charge < -0.3 is 19.3 Å². The summed E-state index contributed by atoms with van der Waals surface area (Å²) in [7, 11) is 3.03. The molecule has 0 saturated heterocycles. The lowest BCUT2D eigenvalue weighted by Gasteiger charge is -2.12. The van der Waals surface area contributed by atoms with E-state index >= 15 is 0 Å². The fourth-order valence-corrected chi connectivity index (χ4v) is 2.01. The van der Waals surface area contributed by atoms with Gasteiger partial charge in [0.25, 0.3) is 5.91 Å². The molecule has 1 N–H and O–H groups in total. The summed E-state index contributed by atoms with van der Waals surface area (Å²) in [6, 6.07) is 6.99. The van der Waals surface area contributed by atoms with Crippen LogP contribution in [0.1, 0.15) is 41.6 Å². The molecule has 6 heteroatoms. The SMILES string of the molecule is COc1cccc(C(=O)NCc2cc(C(C)C)no2)c1OC. The van der Waals surface area contributed by atoms with E-state index < -0.39 is 0 Å². The smallest absolute Gasteiger partial charge is 0.255 e. The molecule has 2 rings (SSSR count). The fraction of sp³-hybridized carbons (Fsp3) is 0.375. The first-order valence-electron chi connectivity index (χ1n) is 7.01. The lowest BCUT2D eigenvalue weighted by Crippen LogP contribution is -2.23. The van der Waals surface area contributed by atoms with Crippen molar-refractivity contribution in [2.75, 3.05) is 14.2 Å². The summed E-state index contributed by atoms with van der Waals surface area (Å²) in [6.07, 6.45) is 0. The first kappa shape index (κ1) is 15.9. The number of aromatic nitrogens is 1. The minimum atomic E-state index is -0.266. The highest BCUT2D eigenvalue weighted by molar-refractivity contribution is 5.97. The van der Waals surface area contributed by atoms with E-state index in [2.05, 4.69) is 10.5 Å². The van der Waals surface area contributed by atoms with Gasteiger partial charge in [-0.15, -0.1) is 0 Å². The number of amides is 1. The van der Waals surface area contributed by atoms with Gasteiger partial charge >= 0.3 is 0 Å². The molecule has 0 aliphatic rings. The number of carbonyl (C=O) groups excluding carboxylic acids is 1. The first-order valence-corrected chi connectivity index (χ1v) is 7.01. The Morgan fingerprint density at radius 1 is 1.32 bits per heavy atom. The average molecular weight is 304 g/mol. The number of nitrogens with zero attached hydrogens (tertiary/aromatic N) is 1. The second-order valence-corrected chi connectivity index (χ2v) is 5.10. The van der Waals surface area contributed by atoms with E-state index in [1.54, 1.807) is 18.2 Å². The van der Waals surface area contributed by atoms with Gasteiger partial charge in [-0.25, -0.2) is 0 Å². The van der Waals surface area contributed by atoms with Crippen LogP contribution >= 0.6 is 0 Å². The third-order valence-electron chi connectivity index (χ3n) is 3.24. The monoisotopic (exact) mass is 304 g/mol. The van der Waals surface area contributed by atoms with Gasteiger partial charge in [0.05, 0.1) is 32.0 Å². The van der Waals surface area contributed by atoms with Crippen LogP contribution in [0.25, 0.3) is 0 Å². The largest absolute Gasteiger partial charge is 0.493 e. The third-order valence-corrected chi connectivity index (χ3v) is 3.24. The molecule has 0 atom stereocenters. The molecule has 0 fully saturated rings. The van der Waals surface area contributed by atoms with Gasteiger partial charge in [-0.3, -0.25) is 4.79 Å². The van der Waals surface area contributed by atoms with E-state index in [4.69, 9.17) is 14.0 Å². The van der Waals surface area contributed by atoms with E-state index in [1.165, 1.54) is 14.2 Å². The zero-order chi connectivity index (χ0) is 16.1. The Balaban J connectivity index is 2.09. The highest BCUT2D eigenvalue weighted by Crippen LogP contribution is 2.30. The van der Waals surface area contributed by atoms with Crippen LogP contribution < -0.4 is 14.8 Å². The Morgan fingerprint density at radius 2 is 2.09 bits per heavy atom. The van der Waals surface area contributed by atoms with Crippen LogP contribution in [0.4, 0.5) is 0 Å². The molecule has 1 aromatic heterocycles. The average Bonchev–Trinajstić information content (AvgIpc) is 3.00. The second-order valence-electron chi connectivity index (χ2n) is 5.10. The maximum absolute atomic E-state index is 12.3. The number of hydrogen-bond acceptors (Lipinski definition) is 5. The number of benzene rings is 1. The third kappa shape index (κ3) is 3.39. The number of ether oxygens (including phenoxy) is 2. The van der Waals surface area contributed by atoms with Crippen molar-refractivity contribution in [1.29, 1.82) is 0 Å². The summed E-state index contributed by atoms with van der Waals surface area (Å²) in [4.78, 5) is 12.3. The topological polar surface area (TPSA) is 73.6 Å². The molecule has 1 heterocycles. The Labute approximate surface area is 129 Å². The molecule has 1 aromatic carbocycles. The standard InChI is InChI=1S/C16H20N2O4/c1-10(2)13-8-11(22-18-13)9-17-16(19)12-6-5-7-14(20-3)15(12)21-4/h5-8,10H,9H2,1-4H3,(H,17,19). The van der Waals surface area contributed by atoms with Crippen molar-refractivity contribution in [1.82, 2.24) is 10.5 Å². The van der Waals surface area contributed by atoms with Crippen molar-refractivity contribution in [3.63, 3.8) is 0 Å². The Bertz CT molecular complexity index is 649. The fourth-order valence-electron chi connectivity index (χ4n) is 2.01. The van der Waals surface area contributed by atoms with E-state index in [0.29, 0.717) is 22.8 Å². The zero-order valence-corrected chi connectivity index (χ0v) is 13.2. The summed E-state index contributed by atoms with van der Waals surface area (Å²) < 4.78 is 15.6. The second kappa shape index (κ2) is 6.98. The van der Waals surface area contributed by atoms with E-state index in [0.717, 1.165) is 5.69 Å². The predicted molar refractivity (Wildman–Crippen MR) is 81.3 cm³/mol. The van der Waals surface area contributed by atoms with Gasteiger partial charge in [-0.05, 0) is 18.1 Å². The maximum atomic E-state index is 12.3. The molecular formula is C16H20N2O4. The van der Waals surface area contributed by atoms with Crippen LogP contribution in [0, 0.1) is 0 Å². The molecule has 2 aromatic rings. The minimum Gasteiger partial charge on any atom is -0.493 e. The van der Waals surface area contributed by atoms with E-state index in [-0.39, 0.29) is 18.4 Å². The highest BCUT2D eigenvalue weighted by atomic mass is 16.5. The molecule has 118 valence electrons. The van der Waals surface area contributed by atoms with Crippen molar-refractivity contribution in [2.45, 2.75) is 26.3 Å². The maximum Gasteiger partial charge on any atom is 0.255 e. The molecule has 0 aliphatic heterocycles. The number of methoxy groups -OCH3 is 2. The van der Waals surface area contributed by atoms with Crippen LogP contribution in [0.5, 0.6) is 11.5 Å². The van der Waals surface area contributed by atoms with Gasteiger partial charge in [0.15, 0.2) is 17.3 Å². The van der Waals surface area contributed by atoms with Crippen LogP contribution in [0.3, 0.4) is 0 Å². The summed E-state index contributed by atoms with van der Waals surface area (Å²) in [6.45, 7) is 4.32. The Morgan fingerprint density at radius 3 is 2.68 bits per heavy atom. The number of para-hydroxylation sites is 1. The summed E-state index contributed by atoms with van der Waals surface area (Å²) in [5.74, 6) is 1.55. The molecule has 6 nitrogen and oxygen atoms in total. The first-order chi connectivity index (χ1) is 10.6. The number of hydrogen-bond donors (Lipinski definition) is 1. The number of rotatable bonds is 6. The van der Waals surface area contributed by atoms with Crippen molar-refractivity contribution in [3.05, 3.63) is 41.3 Å². The quantitative estimate of drug-likeness (QED) is 0.888. The lowest BCUT2D eigenvalue weighted by molar-refractivity contribution is 0.0943. The summed E-state index contributed by atoms with van der Waals surface area (Å²) in [5, 5.41) is 6.74. The van der Waals surface area contributed by atoms with E-state index in [9.17, 15) is 4.79 Å². The molecule has 0 bridgehead atoms. The van der Waals surface area contributed by atoms with Crippen LogP contribution in [-0.2, 0) is 6.54 Å². The van der Waals surface area contributed by atoms with Crippen molar-refractivity contribution >= 4 is 5.91 Å². The predicted octanol–water partition coefficient (Wildman–Crippen LogP) is 2.75. The van der Waals surface area contributed by atoms with Gasteiger partial charge in [0.2, 0.25) is 0 Å². The van der Waals surface area contributed by atoms with Gasteiger partial charge in [-0.2, -0.15) is 0 Å². The van der Waals surface area contributed by atoms with Crippen LogP contribution in [0.15, 0.2) is 28.8 Å². The van der Waals surface area contributed by atoms with Crippen LogP contribution in [0.2, 0.25) is 0 Å². The Kier molecular flexibility index (Phi) is 5.04. The normalized spacial score (nSPS) is 10.6. The number of nitrogens with one attached hydrogen (secondary N) is 1. The van der Waals surface area contributed by atoms with Crippen molar-refractivity contribution in [3.8, 4) is 11.5 Å². The molecule has 0 unspecified atom stereocenters. The van der Waals surface area contributed by atoms with E-state index in [1.807, 2.05) is 19.9 Å². The Hall–Kier alpha value is -2.50. The molecular weight excluding hydrogens is 284 g/mol. The van der Waals surface area contributed by atoms with Crippen molar-refractivity contribution < 1.29 is 18.8 Å². The summed E-state index contributed by atoms with van der Waals surface area (Å²) >= 11 is 0. The molecule has 22 heavy (non-hydrogen) atoms. The van der Waals surface area contributed by atoms with Gasteiger partial charge in [-0.1, -0.05) is 25.1 Å². The molecule has 1 amide bonds. The van der Waals surface area contributed by atoms with Crippen molar-refractivity contribution in [2.24, 2.45) is 0 Å². The molecule has 0 saturated carbocycles. The number of carbonyl (C=O) groups is 1.